The van der Waals surface area contributed by atoms with Gasteiger partial charge in [0.2, 0.25) is 0 Å². The van der Waals surface area contributed by atoms with Gasteiger partial charge in [0, 0.05) is 12.3 Å². The van der Waals surface area contributed by atoms with E-state index in [4.69, 9.17) is 0 Å². The van der Waals surface area contributed by atoms with E-state index in [2.05, 4.69) is 6.58 Å². The molecule has 0 heterocycles. The van der Waals surface area contributed by atoms with Crippen molar-refractivity contribution in [2.75, 3.05) is 0 Å². The summed E-state index contributed by atoms with van der Waals surface area (Å²) >= 11 is 0. The summed E-state index contributed by atoms with van der Waals surface area (Å²) in [7, 11) is 0. The van der Waals surface area contributed by atoms with Crippen LogP contribution in [0.15, 0.2) is 12.7 Å². The van der Waals surface area contributed by atoms with E-state index in [-0.39, 0.29) is 0 Å². The van der Waals surface area contributed by atoms with Crippen LogP contribution in [-0.4, -0.2) is 5.78 Å². The lowest BCUT2D eigenvalue weighted by Gasteiger charge is -2.03. The van der Waals surface area contributed by atoms with Crippen LogP contribution >= 0.6 is 0 Å². The van der Waals surface area contributed by atoms with Crippen molar-refractivity contribution in [1.82, 2.24) is 0 Å². The van der Waals surface area contributed by atoms with Crippen LogP contribution < -0.4 is 0 Å². The van der Waals surface area contributed by atoms with E-state index in [1.54, 1.807) is 0 Å². The Morgan fingerprint density at radius 2 is 1.19 bits per heavy atom. The molecule has 0 aromatic rings. The normalized spacial score (nSPS) is 14.3. The Morgan fingerprint density at radius 3 is 1.62 bits per heavy atom. The summed E-state index contributed by atoms with van der Waals surface area (Å²) < 4.78 is 0. The fourth-order valence-electron chi connectivity index (χ4n) is 2.97. The van der Waals surface area contributed by atoms with Gasteiger partial charge in [-0.05, 0) is 32.1 Å². The highest BCUT2D eigenvalue weighted by Crippen LogP contribution is 2.31. The predicted molar refractivity (Wildman–Crippen MR) is 92.6 cm³/mol. The second-order valence-corrected chi connectivity index (χ2v) is 6.81. The van der Waals surface area contributed by atoms with E-state index >= 15 is 0 Å². The number of unbranched alkanes of at least 4 members (excludes halogenated alkanes) is 12. The second-order valence-electron chi connectivity index (χ2n) is 6.81. The first kappa shape index (κ1) is 18.5. The third kappa shape index (κ3) is 11.7. The van der Waals surface area contributed by atoms with Gasteiger partial charge in [0.1, 0.15) is 5.78 Å². The van der Waals surface area contributed by atoms with Crippen molar-refractivity contribution < 1.29 is 4.79 Å². The molecule has 0 bridgehead atoms. The predicted octanol–water partition coefficient (Wildman–Crippen LogP) is 6.61. The molecule has 0 aliphatic heterocycles. The summed E-state index contributed by atoms with van der Waals surface area (Å²) in [6.07, 6.45) is 22.7. The van der Waals surface area contributed by atoms with Crippen LogP contribution in [0.3, 0.4) is 0 Å². The van der Waals surface area contributed by atoms with Crippen LogP contribution in [0.5, 0.6) is 0 Å². The fraction of sp³-hybridized carbons (Fsp3) is 0.850. The standard InChI is InChI=1S/C20H36O/c1-2-3-4-5-6-7-8-9-10-11-12-13-14-15-16-20(21)19-17-18-19/h2,19H,1,3-18H2. The molecule has 0 amide bonds. The van der Waals surface area contributed by atoms with Crippen LogP contribution in [0.1, 0.15) is 103 Å². The average molecular weight is 293 g/mol. The lowest BCUT2D eigenvalue weighted by atomic mass is 10.0. The van der Waals surface area contributed by atoms with Gasteiger partial charge in [-0.25, -0.2) is 0 Å². The molecular weight excluding hydrogens is 256 g/mol. The topological polar surface area (TPSA) is 17.1 Å². The number of carbonyl (C=O) groups excluding carboxylic acids is 1. The largest absolute Gasteiger partial charge is 0.299 e. The highest BCUT2D eigenvalue weighted by Gasteiger charge is 2.28. The molecule has 1 saturated carbocycles. The Labute approximate surface area is 132 Å². The zero-order valence-electron chi connectivity index (χ0n) is 14.1. The highest BCUT2D eigenvalue weighted by molar-refractivity contribution is 5.82. The van der Waals surface area contributed by atoms with Crippen LogP contribution in [0.25, 0.3) is 0 Å². The molecule has 1 aliphatic carbocycles. The van der Waals surface area contributed by atoms with Gasteiger partial charge >= 0.3 is 0 Å². The summed E-state index contributed by atoms with van der Waals surface area (Å²) in [4.78, 5) is 11.5. The van der Waals surface area contributed by atoms with Crippen molar-refractivity contribution in [2.45, 2.75) is 103 Å². The molecular formula is C20H36O. The summed E-state index contributed by atoms with van der Waals surface area (Å²) in [6, 6.07) is 0. The summed E-state index contributed by atoms with van der Waals surface area (Å²) in [5.41, 5.74) is 0. The van der Waals surface area contributed by atoms with Gasteiger partial charge < -0.3 is 0 Å². The Balaban J connectivity index is 1.67. The number of ketones is 1. The molecule has 0 spiro atoms. The van der Waals surface area contributed by atoms with Gasteiger partial charge in [-0.3, -0.25) is 4.79 Å². The third-order valence-electron chi connectivity index (χ3n) is 4.61. The average Bonchev–Trinajstić information content (AvgIpc) is 3.32. The first-order valence-electron chi connectivity index (χ1n) is 9.48. The van der Waals surface area contributed by atoms with Crippen molar-refractivity contribution in [1.29, 1.82) is 0 Å². The van der Waals surface area contributed by atoms with Crippen molar-refractivity contribution in [2.24, 2.45) is 5.92 Å². The maximum absolute atomic E-state index is 11.5. The Kier molecular flexibility index (Phi) is 11.5. The minimum absolute atomic E-state index is 0.474. The van der Waals surface area contributed by atoms with Crippen LogP contribution in [0.4, 0.5) is 0 Å². The zero-order valence-corrected chi connectivity index (χ0v) is 14.1. The molecule has 0 saturated heterocycles. The second kappa shape index (κ2) is 13.1. The maximum Gasteiger partial charge on any atom is 0.135 e. The molecule has 122 valence electrons. The molecule has 21 heavy (non-hydrogen) atoms. The number of Topliss-reactive ketones (excluding diaryl/α,β-unsaturated/α-hetero) is 1. The van der Waals surface area contributed by atoms with Crippen molar-refractivity contribution in [3.63, 3.8) is 0 Å². The molecule has 0 N–H and O–H groups in total. The Morgan fingerprint density at radius 1 is 0.762 bits per heavy atom. The van der Waals surface area contributed by atoms with Crippen LogP contribution in [0.2, 0.25) is 0 Å². The number of hydrogen-bond acceptors (Lipinski definition) is 1. The first-order chi connectivity index (χ1) is 10.3. The molecule has 0 aromatic carbocycles. The number of carbonyl (C=O) groups is 1. The highest BCUT2D eigenvalue weighted by atomic mass is 16.1. The molecule has 1 rings (SSSR count). The third-order valence-corrected chi connectivity index (χ3v) is 4.61. The first-order valence-corrected chi connectivity index (χ1v) is 9.48. The van der Waals surface area contributed by atoms with Gasteiger partial charge in [-0.1, -0.05) is 70.3 Å². The van der Waals surface area contributed by atoms with Crippen molar-refractivity contribution >= 4 is 5.78 Å². The van der Waals surface area contributed by atoms with Gasteiger partial charge in [-0.2, -0.15) is 0 Å². The van der Waals surface area contributed by atoms with Gasteiger partial charge in [0.15, 0.2) is 0 Å². The molecule has 1 fully saturated rings. The van der Waals surface area contributed by atoms with E-state index in [1.165, 1.54) is 89.9 Å². The molecule has 0 aromatic heterocycles. The minimum Gasteiger partial charge on any atom is -0.299 e. The van der Waals surface area contributed by atoms with Gasteiger partial charge in [0.05, 0.1) is 0 Å². The van der Waals surface area contributed by atoms with Crippen LogP contribution in [-0.2, 0) is 4.79 Å². The number of rotatable bonds is 16. The van der Waals surface area contributed by atoms with E-state index in [1.807, 2.05) is 6.08 Å². The summed E-state index contributed by atoms with van der Waals surface area (Å²) in [5, 5.41) is 0. The molecule has 1 aliphatic rings. The maximum atomic E-state index is 11.5. The van der Waals surface area contributed by atoms with E-state index in [9.17, 15) is 4.79 Å². The summed E-state index contributed by atoms with van der Waals surface area (Å²) in [6.45, 7) is 3.76. The Bertz CT molecular complexity index is 265. The fourth-order valence-corrected chi connectivity index (χ4v) is 2.97. The van der Waals surface area contributed by atoms with Crippen LogP contribution in [0, 0.1) is 5.92 Å². The monoisotopic (exact) mass is 292 g/mol. The van der Waals surface area contributed by atoms with Gasteiger partial charge in [-0.15, -0.1) is 6.58 Å². The van der Waals surface area contributed by atoms with E-state index in [0.717, 1.165) is 12.8 Å². The number of allylic oxidation sites excluding steroid dienone is 1. The SMILES string of the molecule is C=CCCCCCCCCCCCCCCC(=O)C1CC1. The molecule has 0 atom stereocenters. The molecule has 1 nitrogen and oxygen atoms in total. The molecule has 1 heteroatoms. The quantitative estimate of drug-likeness (QED) is 0.231. The number of hydrogen-bond donors (Lipinski definition) is 0. The molecule has 0 radical (unpaired) electrons. The lowest BCUT2D eigenvalue weighted by Crippen LogP contribution is -1.99. The van der Waals surface area contributed by atoms with E-state index < -0.39 is 0 Å². The Hall–Kier alpha value is -0.590. The van der Waals surface area contributed by atoms with E-state index in [0.29, 0.717) is 11.7 Å². The molecule has 0 unspecified atom stereocenters. The summed E-state index contributed by atoms with van der Waals surface area (Å²) in [5.74, 6) is 1.02. The van der Waals surface area contributed by atoms with Crippen molar-refractivity contribution in [3.8, 4) is 0 Å². The van der Waals surface area contributed by atoms with Gasteiger partial charge in [0.25, 0.3) is 0 Å². The zero-order chi connectivity index (χ0) is 15.2. The minimum atomic E-state index is 0.474. The lowest BCUT2D eigenvalue weighted by molar-refractivity contribution is -0.120. The smallest absolute Gasteiger partial charge is 0.135 e. The van der Waals surface area contributed by atoms with Crippen molar-refractivity contribution in [3.05, 3.63) is 12.7 Å².